The monoisotopic (exact) mass is 355 g/mol. The molecule has 2 aromatic rings. The quantitative estimate of drug-likeness (QED) is 0.863. The highest BCUT2D eigenvalue weighted by Gasteiger charge is 2.20. The number of benzene rings is 1. The Morgan fingerprint density at radius 2 is 2.12 bits per heavy atom. The standard InChI is InChI=1S/C20H29N5O/c1-23(2)13-16-14-25(15-22-16)19-10-5-4-9-18(19)20(26)21-12-17-8-6-7-11-24(17)3/h4-5,9-10,14-15,17H,6-8,11-13H2,1-3H3,(H,21,26)/t17-/m1/s1. The number of nitrogens with one attached hydrogen (secondary N) is 1. The molecule has 0 radical (unpaired) electrons. The number of para-hydroxylation sites is 1. The zero-order valence-corrected chi connectivity index (χ0v) is 16.0. The fourth-order valence-electron chi connectivity index (χ4n) is 3.50. The Bertz CT molecular complexity index is 739. The van der Waals surface area contributed by atoms with E-state index in [4.69, 9.17) is 0 Å². The maximum Gasteiger partial charge on any atom is 0.253 e. The summed E-state index contributed by atoms with van der Waals surface area (Å²) in [5.74, 6) is -0.0255. The lowest BCUT2D eigenvalue weighted by Gasteiger charge is -2.32. The summed E-state index contributed by atoms with van der Waals surface area (Å²) in [6.07, 6.45) is 7.40. The molecule has 1 aliphatic rings. The number of nitrogens with zero attached hydrogens (tertiary/aromatic N) is 4. The molecule has 140 valence electrons. The van der Waals surface area contributed by atoms with Gasteiger partial charge in [0.15, 0.2) is 0 Å². The van der Waals surface area contributed by atoms with Crippen molar-refractivity contribution in [3.05, 3.63) is 48.0 Å². The van der Waals surface area contributed by atoms with Gasteiger partial charge in [0.1, 0.15) is 0 Å². The minimum Gasteiger partial charge on any atom is -0.350 e. The lowest BCUT2D eigenvalue weighted by molar-refractivity contribution is 0.0928. The molecule has 1 N–H and O–H groups in total. The normalized spacial score (nSPS) is 18.2. The second kappa shape index (κ2) is 8.47. The fraction of sp³-hybridized carbons (Fsp3) is 0.500. The van der Waals surface area contributed by atoms with Crippen LogP contribution in [0.1, 0.15) is 35.3 Å². The van der Waals surface area contributed by atoms with Gasteiger partial charge in [-0.15, -0.1) is 0 Å². The van der Waals surface area contributed by atoms with Crippen molar-refractivity contribution >= 4 is 5.91 Å². The van der Waals surface area contributed by atoms with Crippen LogP contribution in [0.25, 0.3) is 5.69 Å². The van der Waals surface area contributed by atoms with Crippen LogP contribution in [-0.2, 0) is 6.54 Å². The van der Waals surface area contributed by atoms with Gasteiger partial charge in [0, 0.05) is 25.3 Å². The van der Waals surface area contributed by atoms with E-state index in [9.17, 15) is 4.79 Å². The highest BCUT2D eigenvalue weighted by molar-refractivity contribution is 5.97. The minimum atomic E-state index is -0.0255. The van der Waals surface area contributed by atoms with E-state index >= 15 is 0 Å². The molecular weight excluding hydrogens is 326 g/mol. The Balaban J connectivity index is 1.72. The number of amides is 1. The Hall–Kier alpha value is -2.18. The number of hydrogen-bond acceptors (Lipinski definition) is 4. The highest BCUT2D eigenvalue weighted by Crippen LogP contribution is 2.17. The van der Waals surface area contributed by atoms with Gasteiger partial charge in [0.05, 0.1) is 23.3 Å². The van der Waals surface area contributed by atoms with Crippen LogP contribution >= 0.6 is 0 Å². The van der Waals surface area contributed by atoms with Crippen LogP contribution in [0.3, 0.4) is 0 Å². The van der Waals surface area contributed by atoms with Crippen molar-refractivity contribution in [3.63, 3.8) is 0 Å². The molecule has 0 unspecified atom stereocenters. The molecule has 1 atom stereocenters. The molecule has 6 nitrogen and oxygen atoms in total. The second-order valence-electron chi connectivity index (χ2n) is 7.37. The van der Waals surface area contributed by atoms with Crippen LogP contribution in [0.2, 0.25) is 0 Å². The number of carbonyl (C=O) groups excluding carboxylic acids is 1. The first kappa shape index (κ1) is 18.6. The number of imidazole rings is 1. The van der Waals surface area contributed by atoms with Crippen LogP contribution in [0.5, 0.6) is 0 Å². The molecule has 1 amide bonds. The summed E-state index contributed by atoms with van der Waals surface area (Å²) >= 11 is 0. The molecule has 2 heterocycles. The Morgan fingerprint density at radius 3 is 2.88 bits per heavy atom. The number of piperidine rings is 1. The molecule has 1 aromatic heterocycles. The molecule has 1 fully saturated rings. The van der Waals surface area contributed by atoms with Crippen LogP contribution in [-0.4, -0.2) is 65.5 Å². The summed E-state index contributed by atoms with van der Waals surface area (Å²) < 4.78 is 1.93. The molecule has 26 heavy (non-hydrogen) atoms. The summed E-state index contributed by atoms with van der Waals surface area (Å²) in [5.41, 5.74) is 2.52. The first-order valence-corrected chi connectivity index (χ1v) is 9.30. The van der Waals surface area contributed by atoms with Crippen molar-refractivity contribution in [3.8, 4) is 5.69 Å². The topological polar surface area (TPSA) is 53.4 Å². The molecule has 0 spiro atoms. The van der Waals surface area contributed by atoms with Crippen molar-refractivity contribution in [1.82, 2.24) is 24.7 Å². The van der Waals surface area contributed by atoms with E-state index in [0.29, 0.717) is 18.2 Å². The number of likely N-dealkylation sites (N-methyl/N-ethyl adjacent to an activating group) is 1. The molecular formula is C20H29N5O. The van der Waals surface area contributed by atoms with E-state index in [1.807, 2.05) is 49.1 Å². The summed E-state index contributed by atoms with van der Waals surface area (Å²) in [4.78, 5) is 21.7. The molecule has 6 heteroatoms. The smallest absolute Gasteiger partial charge is 0.253 e. The van der Waals surface area contributed by atoms with Crippen molar-refractivity contribution < 1.29 is 4.79 Å². The number of likely N-dealkylation sites (tertiary alicyclic amines) is 1. The zero-order valence-electron chi connectivity index (χ0n) is 16.0. The van der Waals surface area contributed by atoms with E-state index in [1.165, 1.54) is 12.8 Å². The van der Waals surface area contributed by atoms with Crippen LogP contribution in [0, 0.1) is 0 Å². The average molecular weight is 355 g/mol. The van der Waals surface area contributed by atoms with Crippen LogP contribution < -0.4 is 5.32 Å². The van der Waals surface area contributed by atoms with E-state index in [0.717, 1.165) is 30.9 Å². The third-order valence-corrected chi connectivity index (χ3v) is 4.96. The summed E-state index contributed by atoms with van der Waals surface area (Å²) in [7, 11) is 6.17. The third kappa shape index (κ3) is 4.51. The number of rotatable bonds is 6. The molecule has 1 aliphatic heterocycles. The second-order valence-corrected chi connectivity index (χ2v) is 7.37. The Labute approximate surface area is 155 Å². The minimum absolute atomic E-state index is 0.0255. The van der Waals surface area contributed by atoms with E-state index < -0.39 is 0 Å². The van der Waals surface area contributed by atoms with E-state index in [-0.39, 0.29) is 5.91 Å². The Kier molecular flexibility index (Phi) is 6.06. The molecule has 1 saturated heterocycles. The molecule has 3 rings (SSSR count). The highest BCUT2D eigenvalue weighted by atomic mass is 16.1. The zero-order chi connectivity index (χ0) is 18.5. The summed E-state index contributed by atoms with van der Waals surface area (Å²) in [5, 5.41) is 3.13. The largest absolute Gasteiger partial charge is 0.350 e. The van der Waals surface area contributed by atoms with Gasteiger partial charge >= 0.3 is 0 Å². The molecule has 1 aromatic carbocycles. The first-order chi connectivity index (χ1) is 12.5. The van der Waals surface area contributed by atoms with Gasteiger partial charge in [0.25, 0.3) is 5.91 Å². The number of hydrogen-bond donors (Lipinski definition) is 1. The van der Waals surface area contributed by atoms with Crippen molar-refractivity contribution in [2.45, 2.75) is 31.8 Å². The summed E-state index contributed by atoms with van der Waals surface area (Å²) in [6.45, 7) is 2.58. The van der Waals surface area contributed by atoms with Gasteiger partial charge in [-0.2, -0.15) is 0 Å². The lowest BCUT2D eigenvalue weighted by atomic mass is 10.0. The van der Waals surface area contributed by atoms with Gasteiger partial charge in [-0.3, -0.25) is 4.79 Å². The third-order valence-electron chi connectivity index (χ3n) is 4.96. The predicted octanol–water partition coefficient (Wildman–Crippen LogP) is 2.15. The van der Waals surface area contributed by atoms with Crippen molar-refractivity contribution in [1.29, 1.82) is 0 Å². The fourth-order valence-corrected chi connectivity index (χ4v) is 3.50. The number of aromatic nitrogens is 2. The van der Waals surface area contributed by atoms with Gasteiger partial charge in [-0.05, 0) is 52.7 Å². The van der Waals surface area contributed by atoms with Gasteiger partial charge in [0.2, 0.25) is 0 Å². The first-order valence-electron chi connectivity index (χ1n) is 9.30. The van der Waals surface area contributed by atoms with E-state index in [2.05, 4.69) is 27.1 Å². The Morgan fingerprint density at radius 1 is 1.31 bits per heavy atom. The molecule has 0 saturated carbocycles. The SMILES string of the molecule is CN(C)Cc1cn(-c2ccccc2C(=O)NC[C@H]2CCCCN2C)cn1. The lowest BCUT2D eigenvalue weighted by Crippen LogP contribution is -2.44. The van der Waals surface area contributed by atoms with Crippen molar-refractivity contribution in [2.24, 2.45) is 0 Å². The maximum atomic E-state index is 12.8. The van der Waals surface area contributed by atoms with E-state index in [1.54, 1.807) is 6.33 Å². The molecule has 0 bridgehead atoms. The van der Waals surface area contributed by atoms with Gasteiger partial charge < -0.3 is 19.7 Å². The summed E-state index contributed by atoms with van der Waals surface area (Å²) in [6, 6.07) is 8.12. The maximum absolute atomic E-state index is 12.8. The van der Waals surface area contributed by atoms with Crippen LogP contribution in [0.15, 0.2) is 36.8 Å². The van der Waals surface area contributed by atoms with Crippen LogP contribution in [0.4, 0.5) is 0 Å². The number of carbonyl (C=O) groups is 1. The van der Waals surface area contributed by atoms with Gasteiger partial charge in [-0.25, -0.2) is 4.98 Å². The average Bonchev–Trinajstić information content (AvgIpc) is 3.08. The van der Waals surface area contributed by atoms with Crippen molar-refractivity contribution in [2.75, 3.05) is 34.2 Å². The molecule has 0 aliphatic carbocycles. The van der Waals surface area contributed by atoms with Gasteiger partial charge in [-0.1, -0.05) is 18.6 Å². The predicted molar refractivity (Wildman–Crippen MR) is 104 cm³/mol.